The third kappa shape index (κ3) is 5.74. The predicted octanol–water partition coefficient (Wildman–Crippen LogP) is 2.26. The third-order valence-corrected chi connectivity index (χ3v) is 4.25. The molecule has 0 bridgehead atoms. The maximum absolute atomic E-state index is 12.4. The van der Waals surface area contributed by atoms with E-state index in [1.165, 1.54) is 0 Å². The monoisotopic (exact) mass is 366 g/mol. The van der Waals surface area contributed by atoms with Crippen LogP contribution in [-0.4, -0.2) is 48.4 Å². The molecule has 0 unspecified atom stereocenters. The number of amides is 2. The molecule has 136 valence electrons. The molecule has 2 rings (SSSR count). The molecule has 1 aliphatic rings. The molecule has 6 nitrogen and oxygen atoms in total. The Hall–Kier alpha value is -2.08. The molecule has 1 aliphatic heterocycles. The highest BCUT2D eigenvalue weighted by Crippen LogP contribution is 2.21. The molecular weight excluding hydrogens is 344 g/mol. The van der Waals surface area contributed by atoms with Gasteiger partial charge in [0.2, 0.25) is 0 Å². The summed E-state index contributed by atoms with van der Waals surface area (Å²) in [5.74, 6) is -1.03. The van der Waals surface area contributed by atoms with Crippen LogP contribution in [0.15, 0.2) is 24.3 Å². The summed E-state index contributed by atoms with van der Waals surface area (Å²) in [6, 6.07) is 6.76. The number of carbonyl (C=O) groups is 3. The van der Waals surface area contributed by atoms with Crippen molar-refractivity contribution < 1.29 is 19.1 Å². The van der Waals surface area contributed by atoms with Crippen LogP contribution in [0, 0.1) is 5.92 Å². The summed E-state index contributed by atoms with van der Waals surface area (Å²) in [5.41, 5.74) is 0.579. The largest absolute Gasteiger partial charge is 0.455 e. The number of halogens is 1. The molecule has 2 amide bonds. The number of piperidine rings is 1. The van der Waals surface area contributed by atoms with E-state index in [0.717, 1.165) is 0 Å². The van der Waals surface area contributed by atoms with Crippen molar-refractivity contribution in [3.05, 3.63) is 34.9 Å². The number of esters is 1. The summed E-state index contributed by atoms with van der Waals surface area (Å²) < 4.78 is 5.07. The number of carbonyl (C=O) groups excluding carboxylic acids is 3. The van der Waals surface area contributed by atoms with Crippen LogP contribution in [0.25, 0.3) is 0 Å². The number of hydrogen-bond acceptors (Lipinski definition) is 4. The number of nitrogens with zero attached hydrogens (tertiary/aromatic N) is 1. The van der Waals surface area contributed by atoms with Gasteiger partial charge in [0, 0.05) is 29.7 Å². The van der Waals surface area contributed by atoms with Crippen molar-refractivity contribution in [1.82, 2.24) is 10.2 Å². The Kier molecular flexibility index (Phi) is 6.82. The fourth-order valence-electron chi connectivity index (χ4n) is 2.71. The van der Waals surface area contributed by atoms with Gasteiger partial charge in [-0.2, -0.15) is 0 Å². The van der Waals surface area contributed by atoms with Gasteiger partial charge in [-0.3, -0.25) is 14.4 Å². The van der Waals surface area contributed by atoms with E-state index in [0.29, 0.717) is 36.5 Å². The molecule has 1 aromatic rings. The lowest BCUT2D eigenvalue weighted by Crippen LogP contribution is -2.41. The molecular formula is C18H23ClN2O4. The van der Waals surface area contributed by atoms with E-state index in [-0.39, 0.29) is 36.4 Å². The molecule has 0 spiro atoms. The second kappa shape index (κ2) is 8.85. The zero-order valence-electron chi connectivity index (χ0n) is 14.5. The first-order chi connectivity index (χ1) is 11.9. The second-order valence-electron chi connectivity index (χ2n) is 6.40. The van der Waals surface area contributed by atoms with Gasteiger partial charge in [-0.15, -0.1) is 0 Å². The van der Waals surface area contributed by atoms with Crippen molar-refractivity contribution in [3.8, 4) is 0 Å². The SMILES string of the molecule is CC(C)NC(=O)COC(=O)C1CCN(C(=O)c2ccc(Cl)cc2)CC1. The number of rotatable bonds is 5. The fourth-order valence-corrected chi connectivity index (χ4v) is 2.84. The fraction of sp³-hybridized carbons (Fsp3) is 0.500. The van der Waals surface area contributed by atoms with Gasteiger partial charge in [0.15, 0.2) is 6.61 Å². The van der Waals surface area contributed by atoms with Crippen molar-refractivity contribution in [2.75, 3.05) is 19.7 Å². The van der Waals surface area contributed by atoms with Gasteiger partial charge in [0.25, 0.3) is 11.8 Å². The average molecular weight is 367 g/mol. The van der Waals surface area contributed by atoms with Gasteiger partial charge in [-0.05, 0) is 51.0 Å². The summed E-state index contributed by atoms with van der Waals surface area (Å²) in [5, 5.41) is 3.25. The topological polar surface area (TPSA) is 75.7 Å². The lowest BCUT2D eigenvalue weighted by molar-refractivity contribution is -0.154. The van der Waals surface area contributed by atoms with E-state index < -0.39 is 0 Å². The first-order valence-electron chi connectivity index (χ1n) is 8.37. The van der Waals surface area contributed by atoms with Crippen LogP contribution in [0.3, 0.4) is 0 Å². The normalized spacial score (nSPS) is 15.1. The molecule has 1 fully saturated rings. The number of ether oxygens (including phenoxy) is 1. The van der Waals surface area contributed by atoms with Gasteiger partial charge in [0.05, 0.1) is 5.92 Å². The molecule has 7 heteroatoms. The molecule has 0 radical (unpaired) electrons. The average Bonchev–Trinajstić information content (AvgIpc) is 2.59. The Balaban J connectivity index is 1.78. The summed E-state index contributed by atoms with van der Waals surface area (Å²) in [6.45, 7) is 4.39. The lowest BCUT2D eigenvalue weighted by Gasteiger charge is -2.31. The van der Waals surface area contributed by atoms with Gasteiger partial charge in [-0.1, -0.05) is 11.6 Å². The maximum Gasteiger partial charge on any atom is 0.309 e. The van der Waals surface area contributed by atoms with Crippen LogP contribution in [0.4, 0.5) is 0 Å². The summed E-state index contributed by atoms with van der Waals surface area (Å²) in [7, 11) is 0. The molecule has 1 saturated heterocycles. The highest BCUT2D eigenvalue weighted by Gasteiger charge is 2.29. The molecule has 0 atom stereocenters. The Morgan fingerprint density at radius 2 is 1.80 bits per heavy atom. The van der Waals surface area contributed by atoms with Crippen molar-refractivity contribution in [2.45, 2.75) is 32.7 Å². The zero-order valence-corrected chi connectivity index (χ0v) is 15.2. The summed E-state index contributed by atoms with van der Waals surface area (Å²) in [4.78, 5) is 37.7. The van der Waals surface area contributed by atoms with E-state index in [1.54, 1.807) is 29.2 Å². The highest BCUT2D eigenvalue weighted by atomic mass is 35.5. The second-order valence-corrected chi connectivity index (χ2v) is 6.84. The zero-order chi connectivity index (χ0) is 18.4. The summed E-state index contributed by atoms with van der Waals surface area (Å²) in [6.07, 6.45) is 1.06. The van der Waals surface area contributed by atoms with E-state index >= 15 is 0 Å². The Morgan fingerprint density at radius 1 is 1.20 bits per heavy atom. The van der Waals surface area contributed by atoms with Crippen LogP contribution in [0.5, 0.6) is 0 Å². The third-order valence-electron chi connectivity index (χ3n) is 4.00. The minimum Gasteiger partial charge on any atom is -0.455 e. The van der Waals surface area contributed by atoms with Crippen LogP contribution in [0.2, 0.25) is 5.02 Å². The first kappa shape index (κ1) is 19.2. The number of benzene rings is 1. The smallest absolute Gasteiger partial charge is 0.309 e. The number of hydrogen-bond donors (Lipinski definition) is 1. The van der Waals surface area contributed by atoms with Crippen LogP contribution in [0.1, 0.15) is 37.0 Å². The van der Waals surface area contributed by atoms with Gasteiger partial charge in [-0.25, -0.2) is 0 Å². The van der Waals surface area contributed by atoms with E-state index in [9.17, 15) is 14.4 Å². The van der Waals surface area contributed by atoms with E-state index in [1.807, 2.05) is 13.8 Å². The van der Waals surface area contributed by atoms with Crippen molar-refractivity contribution in [1.29, 1.82) is 0 Å². The highest BCUT2D eigenvalue weighted by molar-refractivity contribution is 6.30. The minimum atomic E-state index is -0.377. The van der Waals surface area contributed by atoms with Gasteiger partial charge >= 0.3 is 5.97 Å². The van der Waals surface area contributed by atoms with E-state index in [4.69, 9.17) is 16.3 Å². The molecule has 1 N–H and O–H groups in total. The molecule has 0 saturated carbocycles. The predicted molar refractivity (Wildman–Crippen MR) is 94.3 cm³/mol. The van der Waals surface area contributed by atoms with Crippen molar-refractivity contribution >= 4 is 29.4 Å². The van der Waals surface area contributed by atoms with Crippen molar-refractivity contribution in [3.63, 3.8) is 0 Å². The number of likely N-dealkylation sites (tertiary alicyclic amines) is 1. The molecule has 1 heterocycles. The Bertz CT molecular complexity index is 622. The summed E-state index contributed by atoms with van der Waals surface area (Å²) >= 11 is 5.83. The number of nitrogens with one attached hydrogen (secondary N) is 1. The quantitative estimate of drug-likeness (QED) is 0.811. The lowest BCUT2D eigenvalue weighted by atomic mass is 9.96. The molecule has 25 heavy (non-hydrogen) atoms. The molecule has 0 aliphatic carbocycles. The van der Waals surface area contributed by atoms with Gasteiger partial charge < -0.3 is 15.0 Å². The standard InChI is InChI=1S/C18H23ClN2O4/c1-12(2)20-16(22)11-25-18(24)14-7-9-21(10-8-14)17(23)13-3-5-15(19)6-4-13/h3-6,12,14H,7-11H2,1-2H3,(H,20,22). The van der Waals surface area contributed by atoms with Crippen LogP contribution >= 0.6 is 11.6 Å². The Morgan fingerprint density at radius 3 is 2.36 bits per heavy atom. The Labute approximate surface area is 152 Å². The van der Waals surface area contributed by atoms with Crippen LogP contribution < -0.4 is 5.32 Å². The molecule has 1 aromatic carbocycles. The maximum atomic E-state index is 12.4. The van der Waals surface area contributed by atoms with Crippen molar-refractivity contribution in [2.24, 2.45) is 5.92 Å². The molecule has 0 aromatic heterocycles. The first-order valence-corrected chi connectivity index (χ1v) is 8.75. The minimum absolute atomic E-state index is 0.00770. The van der Waals surface area contributed by atoms with Crippen LogP contribution in [-0.2, 0) is 14.3 Å². The van der Waals surface area contributed by atoms with Gasteiger partial charge in [0.1, 0.15) is 0 Å². The van der Waals surface area contributed by atoms with E-state index in [2.05, 4.69) is 5.32 Å².